The van der Waals surface area contributed by atoms with Gasteiger partial charge in [0.05, 0.1) is 23.4 Å². The zero-order chi connectivity index (χ0) is 22.4. The number of anilines is 1. The maximum absolute atomic E-state index is 12.8. The number of benzene rings is 2. The van der Waals surface area contributed by atoms with E-state index in [1.54, 1.807) is 37.4 Å². The topological polar surface area (TPSA) is 79.5 Å². The van der Waals surface area contributed by atoms with Crippen molar-refractivity contribution in [1.29, 1.82) is 0 Å². The molecule has 3 N–H and O–H groups in total. The number of rotatable bonds is 7. The number of ether oxygens (including phenoxy) is 1. The van der Waals surface area contributed by atoms with E-state index in [9.17, 15) is 9.59 Å². The van der Waals surface area contributed by atoms with Gasteiger partial charge in [0.2, 0.25) is 0 Å². The predicted octanol–water partition coefficient (Wildman–Crippen LogP) is 5.22. The largest absolute Gasteiger partial charge is 0.497 e. The normalized spacial score (nSPS) is 10.5. The minimum absolute atomic E-state index is 0.0740. The van der Waals surface area contributed by atoms with Gasteiger partial charge in [0.15, 0.2) is 5.11 Å². The third-order valence-corrected chi connectivity index (χ3v) is 6.37. The number of halogens is 1. The molecule has 0 fully saturated rings. The molecule has 0 unspecified atom stereocenters. The second kappa shape index (κ2) is 10.6. The Morgan fingerprint density at radius 1 is 1.16 bits per heavy atom. The fourth-order valence-corrected chi connectivity index (χ4v) is 4.54. The van der Waals surface area contributed by atoms with Crippen LogP contribution in [0.4, 0.5) is 5.69 Å². The minimum atomic E-state index is -0.424. The van der Waals surface area contributed by atoms with Crippen molar-refractivity contribution < 1.29 is 14.3 Å². The molecule has 0 bridgehead atoms. The molecule has 1 heterocycles. The smallest absolute Gasteiger partial charge is 0.269 e. The molecule has 0 atom stereocenters. The van der Waals surface area contributed by atoms with E-state index in [1.165, 1.54) is 11.3 Å². The average molecular weight is 476 g/mol. The molecule has 1 aromatic heterocycles. The molecule has 0 aliphatic rings. The van der Waals surface area contributed by atoms with Crippen molar-refractivity contribution in [3.8, 4) is 5.75 Å². The molecule has 0 saturated carbocycles. The Morgan fingerprint density at radius 3 is 2.68 bits per heavy atom. The van der Waals surface area contributed by atoms with Crippen LogP contribution >= 0.6 is 35.2 Å². The Labute approximate surface area is 194 Å². The van der Waals surface area contributed by atoms with Crippen molar-refractivity contribution in [3.05, 3.63) is 57.9 Å². The lowest BCUT2D eigenvalue weighted by Crippen LogP contribution is -2.34. The van der Waals surface area contributed by atoms with E-state index in [-0.39, 0.29) is 11.0 Å². The highest BCUT2D eigenvalue weighted by molar-refractivity contribution is 7.80. The number of hydrogen-bond acceptors (Lipinski definition) is 5. The van der Waals surface area contributed by atoms with Crippen LogP contribution in [-0.4, -0.2) is 30.6 Å². The highest BCUT2D eigenvalue weighted by atomic mass is 35.5. The highest BCUT2D eigenvalue weighted by Crippen LogP contribution is 2.37. The van der Waals surface area contributed by atoms with Crippen LogP contribution in [0.25, 0.3) is 10.1 Å². The number of nitrogens with one attached hydrogen (secondary N) is 3. The maximum atomic E-state index is 12.8. The first-order valence-electron chi connectivity index (χ1n) is 9.70. The van der Waals surface area contributed by atoms with Crippen LogP contribution < -0.4 is 20.7 Å². The van der Waals surface area contributed by atoms with E-state index in [4.69, 9.17) is 28.6 Å². The van der Waals surface area contributed by atoms with Crippen molar-refractivity contribution >= 4 is 67.9 Å². The molecule has 3 aromatic rings. The summed E-state index contributed by atoms with van der Waals surface area (Å²) in [6, 6.07) is 12.4. The fourth-order valence-electron chi connectivity index (χ4n) is 2.90. The lowest BCUT2D eigenvalue weighted by Gasteiger charge is -2.13. The van der Waals surface area contributed by atoms with E-state index in [0.29, 0.717) is 33.4 Å². The van der Waals surface area contributed by atoms with E-state index in [0.717, 1.165) is 22.9 Å². The quantitative estimate of drug-likeness (QED) is 0.322. The summed E-state index contributed by atoms with van der Waals surface area (Å²) in [5, 5.41) is 9.65. The van der Waals surface area contributed by atoms with Gasteiger partial charge < -0.3 is 15.4 Å². The minimum Gasteiger partial charge on any atom is -0.497 e. The second-order valence-electron chi connectivity index (χ2n) is 6.67. The molecule has 2 amide bonds. The Morgan fingerprint density at radius 2 is 1.94 bits per heavy atom. The lowest BCUT2D eigenvalue weighted by atomic mass is 10.1. The van der Waals surface area contributed by atoms with Gasteiger partial charge in [-0.05, 0) is 49.0 Å². The Bertz CT molecular complexity index is 1130. The third-order valence-electron chi connectivity index (χ3n) is 4.51. The zero-order valence-corrected chi connectivity index (χ0v) is 19.5. The fraction of sp³-hybridized carbons (Fsp3) is 0.227. The zero-order valence-electron chi connectivity index (χ0n) is 17.1. The molecule has 0 radical (unpaired) electrons. The molecule has 2 aromatic carbocycles. The van der Waals surface area contributed by atoms with Crippen molar-refractivity contribution in [1.82, 2.24) is 10.6 Å². The third kappa shape index (κ3) is 5.52. The summed E-state index contributed by atoms with van der Waals surface area (Å²) in [6.45, 7) is 2.65. The van der Waals surface area contributed by atoms with E-state index in [2.05, 4.69) is 22.9 Å². The number of thiophene rings is 1. The molecule has 6 nitrogen and oxygen atoms in total. The van der Waals surface area contributed by atoms with Crippen LogP contribution in [-0.2, 0) is 0 Å². The number of unbranched alkanes of at least 4 members (excludes halogenated alkanes) is 1. The number of carbonyl (C=O) groups excluding carboxylic acids is 2. The number of amides is 2. The molecule has 3 rings (SSSR count). The van der Waals surface area contributed by atoms with Gasteiger partial charge in [-0.3, -0.25) is 14.9 Å². The number of hydrogen-bond donors (Lipinski definition) is 3. The summed E-state index contributed by atoms with van der Waals surface area (Å²) in [7, 11) is 1.58. The summed E-state index contributed by atoms with van der Waals surface area (Å²) in [5.41, 5.74) is 0.955. The van der Waals surface area contributed by atoms with Gasteiger partial charge in [-0.25, -0.2) is 0 Å². The Hall–Kier alpha value is -2.68. The molecule has 9 heteroatoms. The van der Waals surface area contributed by atoms with Crippen molar-refractivity contribution in [3.63, 3.8) is 0 Å². The summed E-state index contributed by atoms with van der Waals surface area (Å²) in [5.74, 6) is 0.0584. The number of thiocarbonyl (C=S) groups is 1. The molecule has 31 heavy (non-hydrogen) atoms. The number of methoxy groups -OCH3 is 1. The van der Waals surface area contributed by atoms with Crippen LogP contribution in [0.15, 0.2) is 42.5 Å². The van der Waals surface area contributed by atoms with Crippen molar-refractivity contribution in [2.24, 2.45) is 0 Å². The van der Waals surface area contributed by atoms with E-state index < -0.39 is 5.91 Å². The molecule has 0 saturated heterocycles. The Kier molecular flexibility index (Phi) is 7.84. The highest BCUT2D eigenvalue weighted by Gasteiger charge is 2.19. The predicted molar refractivity (Wildman–Crippen MR) is 131 cm³/mol. The summed E-state index contributed by atoms with van der Waals surface area (Å²) < 4.78 is 6.06. The average Bonchev–Trinajstić information content (AvgIpc) is 3.10. The SMILES string of the molecule is CCCCNC(=O)c1ccccc1NC(=S)NC(=O)c1sc2cc(OC)ccc2c1Cl. The van der Waals surface area contributed by atoms with Crippen molar-refractivity contribution in [2.45, 2.75) is 19.8 Å². The summed E-state index contributed by atoms with van der Waals surface area (Å²) in [6.07, 6.45) is 1.89. The van der Waals surface area contributed by atoms with Crippen LogP contribution in [0, 0.1) is 0 Å². The Balaban J connectivity index is 1.72. The van der Waals surface area contributed by atoms with Gasteiger partial charge >= 0.3 is 0 Å². The lowest BCUT2D eigenvalue weighted by molar-refractivity contribution is 0.0952. The first-order valence-corrected chi connectivity index (χ1v) is 11.3. The monoisotopic (exact) mass is 475 g/mol. The van der Waals surface area contributed by atoms with Crippen LogP contribution in [0.2, 0.25) is 5.02 Å². The molecule has 0 aliphatic carbocycles. The van der Waals surface area contributed by atoms with E-state index in [1.807, 2.05) is 12.1 Å². The van der Waals surface area contributed by atoms with Gasteiger partial charge in [0.1, 0.15) is 10.6 Å². The standard InChI is InChI=1S/C22H22ClN3O3S2/c1-3-4-11-24-20(27)14-7-5-6-8-16(14)25-22(30)26-21(28)19-18(23)15-10-9-13(29-2)12-17(15)31-19/h5-10,12H,3-4,11H2,1-2H3,(H,24,27)(H2,25,26,28,30). The second-order valence-corrected chi connectivity index (χ2v) is 8.51. The first kappa shape index (κ1) is 23.0. The van der Waals surface area contributed by atoms with Crippen LogP contribution in [0.5, 0.6) is 5.75 Å². The first-order chi connectivity index (χ1) is 14.9. The molecule has 0 aliphatic heterocycles. The molecule has 162 valence electrons. The summed E-state index contributed by atoms with van der Waals surface area (Å²) >= 11 is 13.0. The van der Waals surface area contributed by atoms with Gasteiger partial charge in [0.25, 0.3) is 11.8 Å². The number of para-hydroxylation sites is 1. The van der Waals surface area contributed by atoms with Crippen LogP contribution in [0.1, 0.15) is 39.8 Å². The van der Waals surface area contributed by atoms with Gasteiger partial charge in [-0.15, -0.1) is 11.3 Å². The maximum Gasteiger partial charge on any atom is 0.269 e. The molecule has 0 spiro atoms. The number of fused-ring (bicyclic) bond motifs is 1. The van der Waals surface area contributed by atoms with E-state index >= 15 is 0 Å². The van der Waals surface area contributed by atoms with Gasteiger partial charge in [0, 0.05) is 16.6 Å². The number of carbonyl (C=O) groups is 2. The summed E-state index contributed by atoms with van der Waals surface area (Å²) in [4.78, 5) is 25.6. The molecular weight excluding hydrogens is 454 g/mol. The van der Waals surface area contributed by atoms with Gasteiger partial charge in [-0.1, -0.05) is 37.1 Å². The van der Waals surface area contributed by atoms with Crippen LogP contribution in [0.3, 0.4) is 0 Å². The molecular formula is C22H22ClN3O3S2. The van der Waals surface area contributed by atoms with Crippen molar-refractivity contribution in [2.75, 3.05) is 19.0 Å². The van der Waals surface area contributed by atoms with Gasteiger partial charge in [-0.2, -0.15) is 0 Å².